The van der Waals surface area contributed by atoms with E-state index in [4.69, 9.17) is 9.47 Å². The summed E-state index contributed by atoms with van der Waals surface area (Å²) in [5.74, 6) is -1.99. The van der Waals surface area contributed by atoms with Crippen LogP contribution >= 0.6 is 0 Å². The van der Waals surface area contributed by atoms with Gasteiger partial charge in [0.25, 0.3) is 0 Å². The fraction of sp³-hybridized carbons (Fsp3) is 0.292. The molecule has 1 aromatic carbocycles. The molecule has 0 saturated heterocycles. The third-order valence-corrected chi connectivity index (χ3v) is 6.53. The smallest absolute Gasteiger partial charge is 0.408 e. The number of benzene rings is 1. The topological polar surface area (TPSA) is 92.3 Å². The average molecular weight is 531 g/mol. The van der Waals surface area contributed by atoms with Crippen molar-refractivity contribution in [2.45, 2.75) is 31.0 Å². The second kappa shape index (κ2) is 8.60. The van der Waals surface area contributed by atoms with Crippen LogP contribution in [0.4, 0.5) is 22.0 Å². The molecule has 0 radical (unpaired) electrons. The second-order valence-corrected chi connectivity index (χ2v) is 8.85. The molecule has 6 rings (SSSR count). The van der Waals surface area contributed by atoms with Gasteiger partial charge in [-0.1, -0.05) is 12.1 Å². The molecule has 1 saturated carbocycles. The van der Waals surface area contributed by atoms with Crippen LogP contribution in [0.3, 0.4) is 0 Å². The number of rotatable bonds is 6. The Labute approximate surface area is 210 Å². The first-order valence-electron chi connectivity index (χ1n) is 11.4. The van der Waals surface area contributed by atoms with E-state index in [9.17, 15) is 17.6 Å². The van der Waals surface area contributed by atoms with Crippen molar-refractivity contribution >= 4 is 16.6 Å². The van der Waals surface area contributed by atoms with E-state index >= 15 is 4.39 Å². The molecular weight excluding hydrogens is 513 g/mol. The molecule has 9 nitrogen and oxygen atoms in total. The van der Waals surface area contributed by atoms with Crippen molar-refractivity contribution in [1.29, 1.82) is 0 Å². The number of aromatic nitrogens is 7. The highest BCUT2D eigenvalue weighted by Crippen LogP contribution is 2.56. The summed E-state index contributed by atoms with van der Waals surface area (Å²) in [7, 11) is 2.80. The van der Waals surface area contributed by atoms with Gasteiger partial charge in [0.05, 0.1) is 37.9 Å². The standard InChI is InChI=1S/C24H18F5N7O2/c1-37-22-16(8-31-23(33-22)38-2)17-6-15(21-30-9-18(25)36(21)34-17)14-5-13(14)12-4-3-11-7-32-35(10-24(27,28)29)20(11)19(12)26/h3-4,6-9,13-14H,5,10H2,1-2H3/t13-,14?/m1/s1. The molecule has 0 spiro atoms. The third kappa shape index (κ3) is 3.96. The van der Waals surface area contributed by atoms with E-state index in [1.165, 1.54) is 26.6 Å². The Morgan fingerprint density at radius 2 is 1.79 bits per heavy atom. The Bertz CT molecular complexity index is 1700. The summed E-state index contributed by atoms with van der Waals surface area (Å²) >= 11 is 0. The number of alkyl halides is 3. The average Bonchev–Trinajstić information content (AvgIpc) is 3.44. The molecule has 1 fully saturated rings. The zero-order valence-electron chi connectivity index (χ0n) is 19.9. The van der Waals surface area contributed by atoms with Crippen molar-refractivity contribution in [2.75, 3.05) is 14.2 Å². The first kappa shape index (κ1) is 24.0. The number of methoxy groups -OCH3 is 2. The van der Waals surface area contributed by atoms with Crippen molar-refractivity contribution in [2.24, 2.45) is 0 Å². The minimum atomic E-state index is -4.56. The van der Waals surface area contributed by atoms with Crippen molar-refractivity contribution < 1.29 is 31.4 Å². The predicted molar refractivity (Wildman–Crippen MR) is 123 cm³/mol. The van der Waals surface area contributed by atoms with Crippen molar-refractivity contribution in [1.82, 2.24) is 34.3 Å². The Morgan fingerprint density at radius 3 is 2.53 bits per heavy atom. The van der Waals surface area contributed by atoms with Crippen LogP contribution in [0, 0.1) is 11.8 Å². The van der Waals surface area contributed by atoms with E-state index < -0.39 is 24.5 Å². The summed E-state index contributed by atoms with van der Waals surface area (Å²) < 4.78 is 81.2. The monoisotopic (exact) mass is 531 g/mol. The van der Waals surface area contributed by atoms with Crippen molar-refractivity contribution in [3.63, 3.8) is 0 Å². The zero-order valence-corrected chi connectivity index (χ0v) is 19.9. The zero-order chi connectivity index (χ0) is 26.8. The van der Waals surface area contributed by atoms with E-state index in [1.807, 2.05) is 0 Å². The lowest BCUT2D eigenvalue weighted by molar-refractivity contribution is -0.141. The molecule has 5 aromatic rings. The maximum Gasteiger partial charge on any atom is 0.408 e. The largest absolute Gasteiger partial charge is 0.480 e. The van der Waals surface area contributed by atoms with E-state index in [2.05, 4.69) is 25.1 Å². The van der Waals surface area contributed by atoms with Crippen LogP contribution < -0.4 is 9.47 Å². The highest BCUT2D eigenvalue weighted by molar-refractivity contribution is 5.80. The molecule has 1 aliphatic carbocycles. The molecule has 4 aromatic heterocycles. The van der Waals surface area contributed by atoms with E-state index in [-0.39, 0.29) is 51.5 Å². The normalized spacial score (nSPS) is 17.3. The van der Waals surface area contributed by atoms with E-state index in [0.717, 1.165) is 10.7 Å². The molecule has 1 aliphatic rings. The summed E-state index contributed by atoms with van der Waals surface area (Å²) in [5, 5.41) is 8.31. The molecule has 196 valence electrons. The number of hydrogen-bond acceptors (Lipinski definition) is 7. The lowest BCUT2D eigenvalue weighted by Crippen LogP contribution is -2.19. The summed E-state index contributed by atoms with van der Waals surface area (Å²) in [6.07, 6.45) is -0.428. The fourth-order valence-electron chi connectivity index (χ4n) is 4.76. The Kier molecular flexibility index (Phi) is 5.43. The van der Waals surface area contributed by atoms with Crippen molar-refractivity contribution in [3.05, 3.63) is 59.7 Å². The second-order valence-electron chi connectivity index (χ2n) is 8.85. The van der Waals surface area contributed by atoms with Gasteiger partial charge in [-0.3, -0.25) is 4.68 Å². The molecule has 38 heavy (non-hydrogen) atoms. The van der Waals surface area contributed by atoms with Crippen LogP contribution in [0.1, 0.15) is 29.4 Å². The maximum absolute atomic E-state index is 15.6. The van der Waals surface area contributed by atoms with Gasteiger partial charge < -0.3 is 9.47 Å². The van der Waals surface area contributed by atoms with Crippen LogP contribution in [-0.2, 0) is 6.54 Å². The van der Waals surface area contributed by atoms with Crippen LogP contribution in [0.5, 0.6) is 11.9 Å². The van der Waals surface area contributed by atoms with Crippen LogP contribution in [0.25, 0.3) is 27.8 Å². The predicted octanol–water partition coefficient (Wildman–Crippen LogP) is 4.66. The lowest BCUT2D eigenvalue weighted by Gasteiger charge is -2.11. The van der Waals surface area contributed by atoms with Gasteiger partial charge in [-0.2, -0.15) is 37.3 Å². The Hall–Kier alpha value is -4.36. The third-order valence-electron chi connectivity index (χ3n) is 6.53. The first-order chi connectivity index (χ1) is 18.2. The highest BCUT2D eigenvalue weighted by atomic mass is 19.4. The fourth-order valence-corrected chi connectivity index (χ4v) is 4.76. The molecular formula is C24H18F5N7O2. The Balaban J connectivity index is 1.43. The molecule has 14 heteroatoms. The lowest BCUT2D eigenvalue weighted by atomic mass is 10.0. The van der Waals surface area contributed by atoms with Gasteiger partial charge in [0.15, 0.2) is 11.5 Å². The highest BCUT2D eigenvalue weighted by Gasteiger charge is 2.44. The minimum absolute atomic E-state index is 0.0681. The van der Waals surface area contributed by atoms with Gasteiger partial charge in [-0.25, -0.2) is 14.4 Å². The van der Waals surface area contributed by atoms with Crippen molar-refractivity contribution in [3.8, 4) is 23.1 Å². The van der Waals surface area contributed by atoms with Gasteiger partial charge in [-0.15, -0.1) is 0 Å². The van der Waals surface area contributed by atoms with Gasteiger partial charge in [-0.05, 0) is 29.9 Å². The Morgan fingerprint density at radius 1 is 1.00 bits per heavy atom. The number of fused-ring (bicyclic) bond motifs is 2. The molecule has 2 atom stereocenters. The number of halogens is 5. The number of ether oxygens (including phenoxy) is 2. The molecule has 0 amide bonds. The quantitative estimate of drug-likeness (QED) is 0.294. The van der Waals surface area contributed by atoms with Gasteiger partial charge in [0.1, 0.15) is 12.1 Å². The van der Waals surface area contributed by atoms with E-state index in [1.54, 1.807) is 18.2 Å². The van der Waals surface area contributed by atoms with Crippen LogP contribution in [0.2, 0.25) is 0 Å². The summed E-state index contributed by atoms with van der Waals surface area (Å²) in [6, 6.07) is 4.85. The number of nitrogens with zero attached hydrogens (tertiary/aromatic N) is 7. The van der Waals surface area contributed by atoms with Gasteiger partial charge >= 0.3 is 12.2 Å². The molecule has 4 heterocycles. The number of hydrogen-bond donors (Lipinski definition) is 0. The SMILES string of the molecule is COc1ncc(-c2cc(C3C[C@@H]3c3ccc4cnn(CC(F)(F)F)c4c3F)c3ncc(F)n3n2)c(OC)n1. The molecule has 1 unspecified atom stereocenters. The maximum atomic E-state index is 15.6. The van der Waals surface area contributed by atoms with E-state index in [0.29, 0.717) is 22.2 Å². The minimum Gasteiger partial charge on any atom is -0.480 e. The summed E-state index contributed by atoms with van der Waals surface area (Å²) in [5.41, 5.74) is 1.53. The van der Waals surface area contributed by atoms with Crippen LogP contribution in [0.15, 0.2) is 36.8 Å². The van der Waals surface area contributed by atoms with Gasteiger partial charge in [0, 0.05) is 17.1 Å². The molecule has 0 bridgehead atoms. The number of imidazole rings is 1. The van der Waals surface area contributed by atoms with Crippen LogP contribution in [-0.4, -0.2) is 54.7 Å². The summed E-state index contributed by atoms with van der Waals surface area (Å²) in [4.78, 5) is 12.4. The van der Waals surface area contributed by atoms with Gasteiger partial charge in [0.2, 0.25) is 11.8 Å². The first-order valence-corrected chi connectivity index (χ1v) is 11.4. The summed E-state index contributed by atoms with van der Waals surface area (Å²) in [6.45, 7) is -1.40. The molecule has 0 N–H and O–H groups in total. The molecule has 0 aliphatic heterocycles.